The summed E-state index contributed by atoms with van der Waals surface area (Å²) in [5.41, 5.74) is 2.02. The standard InChI is InChI=1S/C25H25F3N6O2/c26-16-5-7-20-21(12-16)34(19-8-10-32(11-9-19)18-2-1-3-18)25(35)33(20)14-17-6-4-15(13-29-17)23-30-31-24(36-23)22(27)28/h4-7,12-13,18-19,22H,1-3,8-11,14H2. The zero-order valence-electron chi connectivity index (χ0n) is 19.5. The van der Waals surface area contributed by atoms with Crippen molar-refractivity contribution in [2.24, 2.45) is 0 Å². The SMILES string of the molecule is O=c1n(Cc2ccc(-c3nnc(C(F)F)o3)cn2)c2ccc(F)cc2n1C1CCN(C2CCC2)CC1. The summed E-state index contributed by atoms with van der Waals surface area (Å²) < 4.78 is 48.0. The van der Waals surface area contributed by atoms with Gasteiger partial charge in [0.25, 0.3) is 5.89 Å². The van der Waals surface area contributed by atoms with Gasteiger partial charge in [-0.1, -0.05) is 6.42 Å². The van der Waals surface area contributed by atoms with E-state index in [-0.39, 0.29) is 30.0 Å². The number of nitrogens with zero attached hydrogens (tertiary/aromatic N) is 6. The Morgan fingerprint density at radius 3 is 2.44 bits per heavy atom. The van der Waals surface area contributed by atoms with Crippen LogP contribution in [0.5, 0.6) is 0 Å². The van der Waals surface area contributed by atoms with E-state index < -0.39 is 12.3 Å². The van der Waals surface area contributed by atoms with Gasteiger partial charge >= 0.3 is 12.1 Å². The number of halogens is 3. The number of pyridine rings is 1. The quantitative estimate of drug-likeness (QED) is 0.388. The molecule has 1 saturated heterocycles. The second-order valence-corrected chi connectivity index (χ2v) is 9.51. The van der Waals surface area contributed by atoms with Gasteiger partial charge in [-0.05, 0) is 56.0 Å². The smallest absolute Gasteiger partial charge is 0.329 e. The van der Waals surface area contributed by atoms with Gasteiger partial charge in [-0.15, -0.1) is 10.2 Å². The van der Waals surface area contributed by atoms with Crippen LogP contribution in [0.15, 0.2) is 45.7 Å². The molecule has 1 aliphatic carbocycles. The summed E-state index contributed by atoms with van der Waals surface area (Å²) in [6.45, 7) is 2.06. The van der Waals surface area contributed by atoms with Gasteiger partial charge in [0.1, 0.15) is 5.82 Å². The number of rotatable bonds is 6. The number of fused-ring (bicyclic) bond motifs is 1. The molecule has 2 aliphatic rings. The molecule has 1 saturated carbocycles. The van der Waals surface area contributed by atoms with Crippen molar-refractivity contribution in [3.8, 4) is 11.5 Å². The van der Waals surface area contributed by atoms with E-state index in [0.717, 1.165) is 25.9 Å². The van der Waals surface area contributed by atoms with Gasteiger partial charge in [0.15, 0.2) is 0 Å². The Bertz CT molecular complexity index is 1430. The molecule has 0 N–H and O–H groups in total. The molecule has 8 nitrogen and oxygen atoms in total. The van der Waals surface area contributed by atoms with E-state index in [0.29, 0.717) is 28.3 Å². The van der Waals surface area contributed by atoms with Crippen LogP contribution in [0.2, 0.25) is 0 Å². The third-order valence-corrected chi connectivity index (χ3v) is 7.40. The number of benzene rings is 1. The lowest BCUT2D eigenvalue weighted by Gasteiger charge is -2.42. The van der Waals surface area contributed by atoms with Gasteiger partial charge in [-0.2, -0.15) is 8.78 Å². The fourth-order valence-electron chi connectivity index (χ4n) is 5.27. The molecule has 0 bridgehead atoms. The highest BCUT2D eigenvalue weighted by atomic mass is 19.3. The minimum absolute atomic E-state index is 0.0104. The molecule has 1 aliphatic heterocycles. The van der Waals surface area contributed by atoms with E-state index in [1.165, 1.54) is 37.6 Å². The van der Waals surface area contributed by atoms with Gasteiger partial charge < -0.3 is 9.32 Å². The van der Waals surface area contributed by atoms with Gasteiger partial charge in [0.05, 0.1) is 28.8 Å². The lowest BCUT2D eigenvalue weighted by atomic mass is 9.89. The summed E-state index contributed by atoms with van der Waals surface area (Å²) in [6, 6.07) is 8.40. The van der Waals surface area contributed by atoms with E-state index in [1.807, 2.05) is 0 Å². The number of hydrogen-bond acceptors (Lipinski definition) is 6. The second-order valence-electron chi connectivity index (χ2n) is 9.51. The molecule has 0 atom stereocenters. The molecule has 2 fully saturated rings. The molecule has 0 unspecified atom stereocenters. The van der Waals surface area contributed by atoms with Gasteiger partial charge in [0.2, 0.25) is 5.89 Å². The van der Waals surface area contributed by atoms with Crippen molar-refractivity contribution in [3.63, 3.8) is 0 Å². The number of hydrogen-bond donors (Lipinski definition) is 0. The highest BCUT2D eigenvalue weighted by Crippen LogP contribution is 2.32. The fourth-order valence-corrected chi connectivity index (χ4v) is 5.27. The summed E-state index contributed by atoms with van der Waals surface area (Å²) in [5.74, 6) is -1.19. The normalized spacial score (nSPS) is 17.8. The van der Waals surface area contributed by atoms with Crippen LogP contribution < -0.4 is 5.69 Å². The van der Waals surface area contributed by atoms with E-state index in [2.05, 4.69) is 20.1 Å². The zero-order valence-corrected chi connectivity index (χ0v) is 19.5. The van der Waals surface area contributed by atoms with Gasteiger partial charge in [-0.25, -0.2) is 9.18 Å². The Kier molecular flexibility index (Phi) is 5.87. The van der Waals surface area contributed by atoms with Crippen molar-refractivity contribution in [3.05, 3.63) is 64.4 Å². The molecule has 36 heavy (non-hydrogen) atoms. The Labute approximate surface area is 204 Å². The maximum absolute atomic E-state index is 14.2. The second kappa shape index (κ2) is 9.20. The summed E-state index contributed by atoms with van der Waals surface area (Å²) in [7, 11) is 0. The van der Waals surface area contributed by atoms with Crippen LogP contribution in [0, 0.1) is 5.82 Å². The molecule has 3 aromatic heterocycles. The van der Waals surface area contributed by atoms with Crippen molar-refractivity contribution < 1.29 is 17.6 Å². The zero-order chi connectivity index (χ0) is 24.8. The molecule has 11 heteroatoms. The average molecular weight is 499 g/mol. The van der Waals surface area contributed by atoms with Crippen LogP contribution >= 0.6 is 0 Å². The Balaban J connectivity index is 1.28. The highest BCUT2D eigenvalue weighted by molar-refractivity contribution is 5.76. The molecular weight excluding hydrogens is 473 g/mol. The van der Waals surface area contributed by atoms with E-state index >= 15 is 0 Å². The summed E-state index contributed by atoms with van der Waals surface area (Å²) in [6.07, 6.45) is 4.09. The summed E-state index contributed by atoms with van der Waals surface area (Å²) in [4.78, 5) is 20.5. The van der Waals surface area contributed by atoms with E-state index in [9.17, 15) is 18.0 Å². The first-order chi connectivity index (χ1) is 17.5. The Hall–Kier alpha value is -3.47. The Morgan fingerprint density at radius 2 is 1.81 bits per heavy atom. The first kappa shape index (κ1) is 23.0. The first-order valence-corrected chi connectivity index (χ1v) is 12.2. The van der Waals surface area contributed by atoms with Gasteiger partial charge in [0, 0.05) is 31.4 Å². The number of piperidine rings is 1. The van der Waals surface area contributed by atoms with Crippen LogP contribution in [0.3, 0.4) is 0 Å². The monoisotopic (exact) mass is 498 g/mol. The molecule has 1 aromatic carbocycles. The van der Waals surface area contributed by atoms with Crippen LogP contribution in [0.1, 0.15) is 56.2 Å². The average Bonchev–Trinajstić information content (AvgIpc) is 3.43. The minimum Gasteiger partial charge on any atom is -0.415 e. The predicted molar refractivity (Wildman–Crippen MR) is 125 cm³/mol. The summed E-state index contributed by atoms with van der Waals surface area (Å²) >= 11 is 0. The van der Waals surface area contributed by atoms with Crippen molar-refractivity contribution in [1.29, 1.82) is 0 Å². The van der Waals surface area contributed by atoms with Crippen molar-refractivity contribution in [1.82, 2.24) is 29.2 Å². The molecule has 0 radical (unpaired) electrons. The third-order valence-electron chi connectivity index (χ3n) is 7.40. The van der Waals surface area contributed by atoms with Gasteiger partial charge in [-0.3, -0.25) is 14.1 Å². The minimum atomic E-state index is -2.85. The predicted octanol–water partition coefficient (Wildman–Crippen LogP) is 4.56. The molecule has 4 heterocycles. The molecule has 0 amide bonds. The van der Waals surface area contributed by atoms with Crippen LogP contribution in [-0.2, 0) is 6.54 Å². The lowest BCUT2D eigenvalue weighted by molar-refractivity contribution is 0.0867. The fraction of sp³-hybridized carbons (Fsp3) is 0.440. The third kappa shape index (κ3) is 4.11. The number of alkyl halides is 2. The van der Waals surface area contributed by atoms with E-state index in [4.69, 9.17) is 4.42 Å². The molecule has 4 aromatic rings. The number of aromatic nitrogens is 5. The first-order valence-electron chi connectivity index (χ1n) is 12.2. The topological polar surface area (TPSA) is 82.0 Å². The maximum Gasteiger partial charge on any atom is 0.329 e. The van der Waals surface area contributed by atoms with Crippen LogP contribution in [0.4, 0.5) is 13.2 Å². The largest absolute Gasteiger partial charge is 0.415 e. The van der Waals surface area contributed by atoms with Crippen molar-refractivity contribution in [2.75, 3.05) is 13.1 Å². The van der Waals surface area contributed by atoms with E-state index in [1.54, 1.807) is 27.3 Å². The molecular formula is C25H25F3N6O2. The maximum atomic E-state index is 14.2. The molecule has 188 valence electrons. The molecule has 0 spiro atoms. The lowest BCUT2D eigenvalue weighted by Crippen LogP contribution is -2.46. The highest BCUT2D eigenvalue weighted by Gasteiger charge is 2.31. The number of imidazole rings is 1. The van der Waals surface area contributed by atoms with Crippen molar-refractivity contribution >= 4 is 11.0 Å². The number of likely N-dealkylation sites (tertiary alicyclic amines) is 1. The van der Waals surface area contributed by atoms with Crippen LogP contribution in [-0.4, -0.2) is 48.3 Å². The Morgan fingerprint density at radius 1 is 1.00 bits per heavy atom. The van der Waals surface area contributed by atoms with Crippen LogP contribution in [0.25, 0.3) is 22.5 Å². The van der Waals surface area contributed by atoms with Crippen molar-refractivity contribution in [2.45, 2.75) is 57.2 Å². The molecule has 6 rings (SSSR count). The summed E-state index contributed by atoms with van der Waals surface area (Å²) in [5, 5.41) is 6.96.